The molecule has 0 saturated heterocycles. The number of carbonyl (C=O) groups is 1. The minimum Gasteiger partial charge on any atom is -0.478 e. The van der Waals surface area contributed by atoms with E-state index in [0.717, 1.165) is 11.3 Å². The lowest BCUT2D eigenvalue weighted by Crippen LogP contribution is -2.17. The molecule has 0 aliphatic carbocycles. The number of benzene rings is 1. The molecule has 0 spiro atoms. The van der Waals surface area contributed by atoms with E-state index in [4.69, 9.17) is 10.4 Å². The third-order valence-electron chi connectivity index (χ3n) is 2.95. The maximum atomic E-state index is 10.8. The molecule has 0 unspecified atom stereocenters. The van der Waals surface area contributed by atoms with Crippen molar-refractivity contribution < 1.29 is 9.90 Å². The van der Waals surface area contributed by atoms with Gasteiger partial charge in [0.15, 0.2) is 0 Å². The maximum absolute atomic E-state index is 10.8. The molecule has 2 rings (SSSR count). The number of aromatic nitrogens is 1. The zero-order valence-electron chi connectivity index (χ0n) is 10.9. The van der Waals surface area contributed by atoms with Crippen LogP contribution in [0.1, 0.15) is 21.5 Å². The van der Waals surface area contributed by atoms with Crippen LogP contribution in [0.5, 0.6) is 0 Å². The molecular weight excluding hydrogens is 254 g/mol. The summed E-state index contributed by atoms with van der Waals surface area (Å²) in [5.74, 6) is -0.941. The van der Waals surface area contributed by atoms with Crippen molar-refractivity contribution in [3.05, 3.63) is 59.4 Å². The normalized spacial score (nSPS) is 9.80. The second kappa shape index (κ2) is 5.85. The zero-order valence-corrected chi connectivity index (χ0v) is 10.9. The van der Waals surface area contributed by atoms with E-state index in [2.05, 4.69) is 11.1 Å². The van der Waals surface area contributed by atoms with E-state index in [9.17, 15) is 4.79 Å². The van der Waals surface area contributed by atoms with Gasteiger partial charge in [-0.3, -0.25) is 4.98 Å². The third-order valence-corrected chi connectivity index (χ3v) is 2.95. The summed E-state index contributed by atoms with van der Waals surface area (Å²) in [5, 5.41) is 17.9. The highest BCUT2D eigenvalue weighted by molar-refractivity contribution is 5.87. The number of carboxylic acid groups (broad SMARTS) is 1. The van der Waals surface area contributed by atoms with Crippen molar-refractivity contribution in [2.75, 3.05) is 11.9 Å². The van der Waals surface area contributed by atoms with Crippen LogP contribution in [0.3, 0.4) is 0 Å². The average molecular weight is 267 g/mol. The number of aromatic carboxylic acids is 1. The molecule has 0 radical (unpaired) electrons. The highest BCUT2D eigenvalue weighted by Gasteiger charge is 2.08. The van der Waals surface area contributed by atoms with Crippen LogP contribution in [-0.2, 0) is 6.54 Å². The van der Waals surface area contributed by atoms with Gasteiger partial charge in [0.1, 0.15) is 6.07 Å². The first-order chi connectivity index (χ1) is 9.61. The maximum Gasteiger partial charge on any atom is 0.335 e. The van der Waals surface area contributed by atoms with Crippen molar-refractivity contribution in [3.8, 4) is 6.07 Å². The monoisotopic (exact) mass is 267 g/mol. The second-order valence-corrected chi connectivity index (χ2v) is 4.36. The SMILES string of the molecule is CN(Cc1ccc(C(=O)O)cc1)c1cnccc1C#N. The first kappa shape index (κ1) is 13.6. The van der Waals surface area contributed by atoms with Gasteiger partial charge >= 0.3 is 5.97 Å². The third kappa shape index (κ3) is 2.93. The Labute approximate surface area is 116 Å². The number of hydrogen-bond acceptors (Lipinski definition) is 4. The summed E-state index contributed by atoms with van der Waals surface area (Å²) in [4.78, 5) is 16.7. The van der Waals surface area contributed by atoms with Gasteiger partial charge in [-0.15, -0.1) is 0 Å². The van der Waals surface area contributed by atoms with Gasteiger partial charge in [-0.25, -0.2) is 4.79 Å². The minimum absolute atomic E-state index is 0.260. The lowest BCUT2D eigenvalue weighted by Gasteiger charge is -2.20. The van der Waals surface area contributed by atoms with Crippen molar-refractivity contribution in [1.29, 1.82) is 5.26 Å². The van der Waals surface area contributed by atoms with Crippen LogP contribution < -0.4 is 4.90 Å². The number of hydrogen-bond donors (Lipinski definition) is 1. The number of nitriles is 1. The van der Waals surface area contributed by atoms with Gasteiger partial charge in [0.05, 0.1) is 23.0 Å². The van der Waals surface area contributed by atoms with E-state index in [1.165, 1.54) is 0 Å². The molecule has 0 atom stereocenters. The fourth-order valence-electron chi connectivity index (χ4n) is 1.90. The van der Waals surface area contributed by atoms with Gasteiger partial charge < -0.3 is 10.0 Å². The molecule has 1 heterocycles. The first-order valence-electron chi connectivity index (χ1n) is 5.99. The fraction of sp³-hybridized carbons (Fsp3) is 0.133. The van der Waals surface area contributed by atoms with Crippen LogP contribution in [0.2, 0.25) is 0 Å². The highest BCUT2D eigenvalue weighted by atomic mass is 16.4. The van der Waals surface area contributed by atoms with Gasteiger partial charge in [-0.1, -0.05) is 12.1 Å². The lowest BCUT2D eigenvalue weighted by molar-refractivity contribution is 0.0697. The molecule has 5 heteroatoms. The molecule has 1 aromatic heterocycles. The number of carboxylic acids is 1. The van der Waals surface area contributed by atoms with Crippen LogP contribution >= 0.6 is 0 Å². The van der Waals surface area contributed by atoms with Crippen molar-refractivity contribution in [1.82, 2.24) is 4.98 Å². The molecule has 0 bridgehead atoms. The molecule has 2 aromatic rings. The molecule has 1 aromatic carbocycles. The Kier molecular flexibility index (Phi) is 3.96. The summed E-state index contributed by atoms with van der Waals surface area (Å²) < 4.78 is 0. The predicted octanol–water partition coefficient (Wildman–Crippen LogP) is 2.29. The van der Waals surface area contributed by atoms with E-state index in [-0.39, 0.29) is 5.56 Å². The molecule has 20 heavy (non-hydrogen) atoms. The first-order valence-corrected chi connectivity index (χ1v) is 5.99. The molecule has 0 fully saturated rings. The number of anilines is 1. The van der Waals surface area contributed by atoms with Gasteiger partial charge in [-0.05, 0) is 23.8 Å². The molecule has 0 amide bonds. The summed E-state index contributed by atoms with van der Waals surface area (Å²) in [6, 6.07) is 10.5. The Balaban J connectivity index is 2.17. The van der Waals surface area contributed by atoms with E-state index in [1.807, 2.05) is 11.9 Å². The predicted molar refractivity (Wildman–Crippen MR) is 74.5 cm³/mol. The largest absolute Gasteiger partial charge is 0.478 e. The fourth-order valence-corrected chi connectivity index (χ4v) is 1.90. The van der Waals surface area contributed by atoms with E-state index in [0.29, 0.717) is 12.1 Å². The average Bonchev–Trinajstić information content (AvgIpc) is 2.47. The van der Waals surface area contributed by atoms with Crippen molar-refractivity contribution in [2.24, 2.45) is 0 Å². The Morgan fingerprint density at radius 1 is 1.35 bits per heavy atom. The van der Waals surface area contributed by atoms with Crippen molar-refractivity contribution >= 4 is 11.7 Å². The van der Waals surface area contributed by atoms with Crippen LogP contribution in [0.15, 0.2) is 42.7 Å². The molecule has 100 valence electrons. The summed E-state index contributed by atoms with van der Waals surface area (Å²) in [6.45, 7) is 0.570. The van der Waals surface area contributed by atoms with E-state index in [1.54, 1.807) is 42.7 Å². The summed E-state index contributed by atoms with van der Waals surface area (Å²) >= 11 is 0. The van der Waals surface area contributed by atoms with Crippen LogP contribution in [0.25, 0.3) is 0 Å². The Morgan fingerprint density at radius 2 is 2.05 bits per heavy atom. The Morgan fingerprint density at radius 3 is 2.65 bits per heavy atom. The van der Waals surface area contributed by atoms with Gasteiger partial charge in [0.25, 0.3) is 0 Å². The highest BCUT2D eigenvalue weighted by Crippen LogP contribution is 2.19. The van der Waals surface area contributed by atoms with E-state index >= 15 is 0 Å². The van der Waals surface area contributed by atoms with Crippen molar-refractivity contribution in [3.63, 3.8) is 0 Å². The molecule has 0 aliphatic heterocycles. The molecular formula is C15H13N3O2. The summed E-state index contributed by atoms with van der Waals surface area (Å²) in [5.41, 5.74) is 2.53. The lowest BCUT2D eigenvalue weighted by atomic mass is 10.1. The number of pyridine rings is 1. The Hall–Kier alpha value is -2.87. The summed E-state index contributed by atoms with van der Waals surface area (Å²) in [7, 11) is 1.86. The van der Waals surface area contributed by atoms with Crippen LogP contribution in [0.4, 0.5) is 5.69 Å². The molecule has 1 N–H and O–H groups in total. The van der Waals surface area contributed by atoms with Crippen molar-refractivity contribution in [2.45, 2.75) is 6.54 Å². The second-order valence-electron chi connectivity index (χ2n) is 4.36. The quantitative estimate of drug-likeness (QED) is 0.919. The standard InChI is InChI=1S/C15H13N3O2/c1-18(14-9-17-7-6-13(14)8-16)10-11-2-4-12(5-3-11)15(19)20/h2-7,9H,10H2,1H3,(H,19,20). The van der Waals surface area contributed by atoms with E-state index < -0.39 is 5.97 Å². The van der Waals surface area contributed by atoms with Gasteiger partial charge in [0.2, 0.25) is 0 Å². The zero-order chi connectivity index (χ0) is 14.5. The van der Waals surface area contributed by atoms with Gasteiger partial charge in [-0.2, -0.15) is 5.26 Å². The number of rotatable bonds is 4. The topological polar surface area (TPSA) is 77.2 Å². The van der Waals surface area contributed by atoms with Crippen LogP contribution in [0, 0.1) is 11.3 Å². The Bertz CT molecular complexity index is 660. The molecule has 0 aliphatic rings. The van der Waals surface area contributed by atoms with Gasteiger partial charge in [0, 0.05) is 19.8 Å². The molecule has 0 saturated carbocycles. The van der Waals surface area contributed by atoms with Crippen LogP contribution in [-0.4, -0.2) is 23.1 Å². The number of nitrogens with zero attached hydrogens (tertiary/aromatic N) is 3. The molecule has 5 nitrogen and oxygen atoms in total. The smallest absolute Gasteiger partial charge is 0.335 e. The minimum atomic E-state index is -0.941. The summed E-state index contributed by atoms with van der Waals surface area (Å²) in [6.07, 6.45) is 3.22.